The average Bonchev–Trinajstić information content (AvgIpc) is 3.03. The van der Waals surface area contributed by atoms with Crippen LogP contribution in [-0.2, 0) is 0 Å². The number of hydrogen-bond donors (Lipinski definition) is 4. The third-order valence-corrected chi connectivity index (χ3v) is 3.48. The van der Waals surface area contributed by atoms with Crippen molar-refractivity contribution >= 4 is 22.6 Å². The maximum atomic E-state index is 13.1. The zero-order chi connectivity index (χ0) is 17.1. The summed E-state index contributed by atoms with van der Waals surface area (Å²) in [6.45, 7) is -0.148. The predicted octanol–water partition coefficient (Wildman–Crippen LogP) is 2.70. The Morgan fingerprint density at radius 1 is 1.21 bits per heavy atom. The maximum absolute atomic E-state index is 13.1. The number of nitrogens with one attached hydrogen (secondary N) is 3. The van der Waals surface area contributed by atoms with Crippen molar-refractivity contribution < 1.29 is 18.7 Å². The molecular weight excluding hydrogens is 318 g/mol. The summed E-state index contributed by atoms with van der Waals surface area (Å²) >= 11 is 0. The molecular formula is C16H14F2N4O2. The second-order valence-electron chi connectivity index (χ2n) is 5.20. The smallest absolute Gasteiger partial charge is 0.319 e. The molecule has 4 N–H and O–H groups in total. The molecule has 0 aliphatic heterocycles. The highest BCUT2D eigenvalue weighted by Gasteiger charge is 2.12. The number of halogens is 2. The van der Waals surface area contributed by atoms with E-state index in [2.05, 4.69) is 20.8 Å². The van der Waals surface area contributed by atoms with Gasteiger partial charge in [-0.3, -0.25) is 5.10 Å². The number of nitrogens with zero attached hydrogens (tertiary/aromatic N) is 1. The van der Waals surface area contributed by atoms with E-state index in [0.29, 0.717) is 5.69 Å². The number of fused-ring (bicyclic) bond motifs is 1. The number of rotatable bonds is 4. The normalized spacial score (nSPS) is 12.1. The number of aromatic amines is 1. The first-order valence-electron chi connectivity index (χ1n) is 7.14. The molecule has 0 radical (unpaired) electrons. The lowest BCUT2D eigenvalue weighted by Gasteiger charge is -2.13. The molecule has 1 atom stereocenters. The Morgan fingerprint density at radius 2 is 2.04 bits per heavy atom. The van der Waals surface area contributed by atoms with Crippen LogP contribution in [0.25, 0.3) is 10.9 Å². The largest absolute Gasteiger partial charge is 0.387 e. The predicted molar refractivity (Wildman–Crippen MR) is 84.4 cm³/mol. The number of amides is 2. The first-order chi connectivity index (χ1) is 11.5. The van der Waals surface area contributed by atoms with Crippen molar-refractivity contribution in [2.75, 3.05) is 11.9 Å². The molecule has 6 nitrogen and oxygen atoms in total. The van der Waals surface area contributed by atoms with Crippen LogP contribution in [0.15, 0.2) is 42.6 Å². The molecule has 2 aromatic carbocycles. The molecule has 0 saturated heterocycles. The molecule has 24 heavy (non-hydrogen) atoms. The van der Waals surface area contributed by atoms with Crippen molar-refractivity contribution in [3.05, 3.63) is 59.8 Å². The topological polar surface area (TPSA) is 90.0 Å². The number of aromatic nitrogens is 2. The van der Waals surface area contributed by atoms with E-state index in [1.807, 2.05) is 0 Å². The summed E-state index contributed by atoms with van der Waals surface area (Å²) < 4.78 is 26.0. The minimum atomic E-state index is -1.15. The van der Waals surface area contributed by atoms with Crippen molar-refractivity contribution in [2.24, 2.45) is 0 Å². The lowest BCUT2D eigenvalue weighted by Crippen LogP contribution is -2.32. The number of carbonyl (C=O) groups is 1. The summed E-state index contributed by atoms with van der Waals surface area (Å²) in [7, 11) is 0. The van der Waals surface area contributed by atoms with E-state index in [-0.39, 0.29) is 12.1 Å². The molecule has 1 heterocycles. The summed E-state index contributed by atoms with van der Waals surface area (Å²) in [6, 6.07) is 7.76. The highest BCUT2D eigenvalue weighted by Crippen LogP contribution is 2.17. The average molecular weight is 332 g/mol. The fraction of sp³-hybridized carbons (Fsp3) is 0.125. The second-order valence-corrected chi connectivity index (χ2v) is 5.20. The van der Waals surface area contributed by atoms with Gasteiger partial charge < -0.3 is 15.7 Å². The molecule has 3 rings (SSSR count). The van der Waals surface area contributed by atoms with Crippen molar-refractivity contribution in [3.63, 3.8) is 0 Å². The van der Waals surface area contributed by atoms with Crippen LogP contribution in [0.2, 0.25) is 0 Å². The van der Waals surface area contributed by atoms with Crippen LogP contribution < -0.4 is 10.6 Å². The first kappa shape index (κ1) is 15.9. The molecule has 0 unspecified atom stereocenters. The Bertz CT molecular complexity index is 881. The Kier molecular flexibility index (Phi) is 4.39. The molecule has 0 spiro atoms. The van der Waals surface area contributed by atoms with Crippen LogP contribution in [0.4, 0.5) is 19.3 Å². The third-order valence-electron chi connectivity index (χ3n) is 3.48. The van der Waals surface area contributed by atoms with E-state index in [4.69, 9.17) is 0 Å². The Morgan fingerprint density at radius 3 is 2.83 bits per heavy atom. The zero-order valence-corrected chi connectivity index (χ0v) is 12.4. The SMILES string of the molecule is O=C(NC[C@@H](O)c1ccc(F)c(F)c1)Nc1ccc2[nH]ncc2c1. The van der Waals surface area contributed by atoms with Crippen LogP contribution in [-0.4, -0.2) is 27.9 Å². The fourth-order valence-corrected chi connectivity index (χ4v) is 2.22. The second kappa shape index (κ2) is 6.63. The van der Waals surface area contributed by atoms with Gasteiger partial charge in [-0.2, -0.15) is 5.10 Å². The molecule has 0 saturated carbocycles. The van der Waals surface area contributed by atoms with Gasteiger partial charge in [0.25, 0.3) is 0 Å². The van der Waals surface area contributed by atoms with Crippen LogP contribution in [0.5, 0.6) is 0 Å². The summed E-state index contributed by atoms with van der Waals surface area (Å²) in [4.78, 5) is 11.9. The standard InChI is InChI=1S/C16H14F2N4O2/c17-12-3-1-9(6-13(12)18)15(23)8-19-16(24)21-11-2-4-14-10(5-11)7-20-22-14/h1-7,15,23H,8H2,(H,20,22)(H2,19,21,24)/t15-/m1/s1. The molecule has 1 aromatic heterocycles. The lowest BCUT2D eigenvalue weighted by molar-refractivity contribution is 0.174. The van der Waals surface area contributed by atoms with E-state index in [0.717, 1.165) is 23.0 Å². The van der Waals surface area contributed by atoms with Gasteiger partial charge in [0.05, 0.1) is 17.8 Å². The van der Waals surface area contributed by atoms with Gasteiger partial charge in [-0.1, -0.05) is 6.07 Å². The van der Waals surface area contributed by atoms with E-state index in [9.17, 15) is 18.7 Å². The quantitative estimate of drug-likeness (QED) is 0.592. The van der Waals surface area contributed by atoms with Crippen LogP contribution in [0, 0.1) is 11.6 Å². The van der Waals surface area contributed by atoms with Crippen molar-refractivity contribution in [3.8, 4) is 0 Å². The van der Waals surface area contributed by atoms with Crippen LogP contribution >= 0.6 is 0 Å². The van der Waals surface area contributed by atoms with Crippen LogP contribution in [0.1, 0.15) is 11.7 Å². The monoisotopic (exact) mass is 332 g/mol. The number of H-pyrrole nitrogens is 1. The number of benzene rings is 2. The van der Waals surface area contributed by atoms with Gasteiger partial charge in [-0.25, -0.2) is 13.6 Å². The first-order valence-corrected chi connectivity index (χ1v) is 7.14. The molecule has 0 bridgehead atoms. The van der Waals surface area contributed by atoms with E-state index in [1.165, 1.54) is 6.07 Å². The molecule has 0 aliphatic carbocycles. The van der Waals surface area contributed by atoms with Gasteiger partial charge in [0, 0.05) is 17.6 Å². The van der Waals surface area contributed by atoms with E-state index < -0.39 is 23.8 Å². The minimum absolute atomic E-state index is 0.148. The number of carbonyl (C=O) groups excluding carboxylic acids is 1. The van der Waals surface area contributed by atoms with Gasteiger partial charge >= 0.3 is 6.03 Å². The van der Waals surface area contributed by atoms with Crippen molar-refractivity contribution in [1.29, 1.82) is 0 Å². The van der Waals surface area contributed by atoms with Gasteiger partial charge in [-0.15, -0.1) is 0 Å². The van der Waals surface area contributed by atoms with Crippen molar-refractivity contribution in [2.45, 2.75) is 6.10 Å². The lowest BCUT2D eigenvalue weighted by atomic mass is 10.1. The van der Waals surface area contributed by atoms with Gasteiger partial charge in [0.1, 0.15) is 0 Å². The Balaban J connectivity index is 1.57. The van der Waals surface area contributed by atoms with E-state index in [1.54, 1.807) is 24.4 Å². The van der Waals surface area contributed by atoms with Crippen molar-refractivity contribution in [1.82, 2.24) is 15.5 Å². The summed E-state index contributed by atoms with van der Waals surface area (Å²) in [5.41, 5.74) is 1.58. The molecule has 8 heteroatoms. The number of hydrogen-bond acceptors (Lipinski definition) is 3. The Hall–Kier alpha value is -3.00. The zero-order valence-electron chi connectivity index (χ0n) is 12.4. The van der Waals surface area contributed by atoms with Gasteiger partial charge in [0.2, 0.25) is 0 Å². The molecule has 0 aliphatic rings. The maximum Gasteiger partial charge on any atom is 0.319 e. The highest BCUT2D eigenvalue weighted by atomic mass is 19.2. The van der Waals surface area contributed by atoms with Gasteiger partial charge in [-0.05, 0) is 35.9 Å². The van der Waals surface area contributed by atoms with Gasteiger partial charge in [0.15, 0.2) is 11.6 Å². The molecule has 3 aromatic rings. The Labute approximate surface area is 135 Å². The van der Waals surface area contributed by atoms with E-state index >= 15 is 0 Å². The molecule has 0 fully saturated rings. The highest BCUT2D eigenvalue weighted by molar-refractivity contribution is 5.92. The number of anilines is 1. The van der Waals surface area contributed by atoms with Crippen LogP contribution in [0.3, 0.4) is 0 Å². The molecule has 124 valence electrons. The summed E-state index contributed by atoms with van der Waals surface area (Å²) in [6.07, 6.45) is 0.479. The summed E-state index contributed by atoms with van der Waals surface area (Å²) in [5.74, 6) is -2.05. The fourth-order valence-electron chi connectivity index (χ4n) is 2.22. The number of aliphatic hydroxyl groups is 1. The number of urea groups is 1. The molecule has 2 amide bonds. The summed E-state index contributed by atoms with van der Waals surface area (Å²) in [5, 5.41) is 22.5. The third kappa shape index (κ3) is 3.49. The minimum Gasteiger partial charge on any atom is -0.387 e. The number of aliphatic hydroxyl groups excluding tert-OH is 1.